The number of ether oxygens (including phenoxy) is 1. The van der Waals surface area contributed by atoms with Gasteiger partial charge in [-0.15, -0.1) is 0 Å². The highest BCUT2D eigenvalue weighted by molar-refractivity contribution is 9.10. The monoisotopic (exact) mass is 342 g/mol. The molecule has 0 bridgehead atoms. The summed E-state index contributed by atoms with van der Waals surface area (Å²) in [6.45, 7) is 7.65. The molecule has 0 atom stereocenters. The summed E-state index contributed by atoms with van der Waals surface area (Å²) in [5.41, 5.74) is 0.765. The lowest BCUT2D eigenvalue weighted by Gasteiger charge is -2.08. The first-order valence-corrected chi connectivity index (χ1v) is 8.11. The van der Waals surface area contributed by atoms with E-state index in [0.717, 1.165) is 11.8 Å². The number of sulfone groups is 1. The Morgan fingerprint density at radius 2 is 2.11 bits per heavy atom. The van der Waals surface area contributed by atoms with E-state index in [1.165, 1.54) is 12.1 Å². The van der Waals surface area contributed by atoms with Crippen LogP contribution < -0.4 is 4.74 Å². The van der Waals surface area contributed by atoms with Gasteiger partial charge in [-0.2, -0.15) is 0 Å². The van der Waals surface area contributed by atoms with Gasteiger partial charge in [-0.3, -0.25) is 0 Å². The molecule has 0 aliphatic carbocycles. The molecule has 0 unspecified atom stereocenters. The van der Waals surface area contributed by atoms with Gasteiger partial charge in [-0.05, 0) is 23.8 Å². The smallest absolute Gasteiger partial charge is 0.175 e. The molecule has 1 rings (SSSR count). The molecule has 0 fully saturated rings. The maximum absolute atomic E-state index is 11.5. The fourth-order valence-electron chi connectivity index (χ4n) is 1.26. The van der Waals surface area contributed by atoms with E-state index in [1.807, 2.05) is 0 Å². The molecule has 19 heavy (non-hydrogen) atoms. The van der Waals surface area contributed by atoms with E-state index >= 15 is 0 Å². The van der Waals surface area contributed by atoms with Gasteiger partial charge in [-0.25, -0.2) is 8.42 Å². The third-order valence-electron chi connectivity index (χ3n) is 2.17. The minimum Gasteiger partial charge on any atom is -0.489 e. The quantitative estimate of drug-likeness (QED) is 0.742. The van der Waals surface area contributed by atoms with Gasteiger partial charge in [-0.1, -0.05) is 47.3 Å². The Balaban J connectivity index is 2.85. The second kappa shape index (κ2) is 6.73. The zero-order chi connectivity index (χ0) is 14.5. The molecule has 0 N–H and O–H groups in total. The van der Waals surface area contributed by atoms with Gasteiger partial charge in [0.05, 0.1) is 4.90 Å². The second-order valence-electron chi connectivity index (χ2n) is 3.94. The first kappa shape index (κ1) is 15.7. The van der Waals surface area contributed by atoms with Crippen molar-refractivity contribution in [1.29, 1.82) is 0 Å². The summed E-state index contributed by atoms with van der Waals surface area (Å²) in [4.78, 5) is 0.212. The van der Waals surface area contributed by atoms with Crippen LogP contribution in [0.1, 0.15) is 0 Å². The summed E-state index contributed by atoms with van der Waals surface area (Å²) in [5, 5.41) is 0. The molecule has 102 valence electrons. The Kier molecular flexibility index (Phi) is 5.57. The number of hydrogen-bond donors (Lipinski definition) is 0. The molecule has 1 aromatic rings. The molecule has 0 heterocycles. The maximum atomic E-state index is 11.5. The van der Waals surface area contributed by atoms with E-state index < -0.39 is 9.84 Å². The van der Waals surface area contributed by atoms with Gasteiger partial charge in [0.25, 0.3) is 0 Å². The molecule has 0 aliphatic heterocycles. The van der Waals surface area contributed by atoms with Crippen LogP contribution in [-0.2, 0) is 9.84 Å². The molecule has 0 aromatic heterocycles. The highest BCUT2D eigenvalue weighted by atomic mass is 79.9. The normalized spacial score (nSPS) is 11.5. The molecule has 5 heteroatoms. The predicted octanol–water partition coefficient (Wildman–Crippen LogP) is 3.53. The Labute approximate surface area is 122 Å². The van der Waals surface area contributed by atoms with Crippen LogP contribution in [0.25, 0.3) is 0 Å². The highest BCUT2D eigenvalue weighted by Crippen LogP contribution is 2.24. The second-order valence-corrected chi connectivity index (χ2v) is 6.87. The fraction of sp³-hybridized carbons (Fsp3) is 0.143. The Hall–Kier alpha value is -1.33. The van der Waals surface area contributed by atoms with Crippen LogP contribution in [0.4, 0.5) is 0 Å². The lowest BCUT2D eigenvalue weighted by molar-refractivity contribution is 0.355. The van der Waals surface area contributed by atoms with Crippen molar-refractivity contribution in [1.82, 2.24) is 0 Å². The molecule has 0 amide bonds. The van der Waals surface area contributed by atoms with Crippen LogP contribution in [0.3, 0.4) is 0 Å². The number of benzene rings is 1. The van der Waals surface area contributed by atoms with Gasteiger partial charge in [0.2, 0.25) is 0 Å². The topological polar surface area (TPSA) is 43.4 Å². The lowest BCUT2D eigenvalue weighted by atomic mass is 10.3. The number of allylic oxidation sites excluding steroid dienone is 2. The molecular weight excluding hydrogens is 328 g/mol. The Morgan fingerprint density at radius 1 is 1.42 bits per heavy atom. The minimum absolute atomic E-state index is 0.212. The van der Waals surface area contributed by atoms with Crippen molar-refractivity contribution in [2.75, 3.05) is 12.9 Å². The van der Waals surface area contributed by atoms with Crippen molar-refractivity contribution in [3.8, 4) is 5.75 Å². The lowest BCUT2D eigenvalue weighted by Crippen LogP contribution is -2.01. The van der Waals surface area contributed by atoms with Crippen molar-refractivity contribution >= 4 is 25.8 Å². The molecule has 0 saturated heterocycles. The predicted molar refractivity (Wildman–Crippen MR) is 81.2 cm³/mol. The van der Waals surface area contributed by atoms with Crippen molar-refractivity contribution in [3.63, 3.8) is 0 Å². The van der Waals surface area contributed by atoms with E-state index in [9.17, 15) is 8.42 Å². The van der Waals surface area contributed by atoms with Crippen LogP contribution in [0.5, 0.6) is 5.75 Å². The summed E-state index contributed by atoms with van der Waals surface area (Å²) in [5.74, 6) is 0.475. The van der Waals surface area contributed by atoms with Crippen LogP contribution in [0.15, 0.2) is 64.5 Å². The van der Waals surface area contributed by atoms with E-state index in [-0.39, 0.29) is 11.5 Å². The SMILES string of the molecule is C=C/C=C\C(=C)COc1cc(Br)cc(S(C)(=O)=O)c1. The zero-order valence-electron chi connectivity index (χ0n) is 10.6. The number of rotatable bonds is 6. The third-order valence-corrected chi connectivity index (χ3v) is 3.72. The summed E-state index contributed by atoms with van der Waals surface area (Å²) in [6.07, 6.45) is 6.34. The van der Waals surface area contributed by atoms with Crippen molar-refractivity contribution < 1.29 is 13.2 Å². The van der Waals surface area contributed by atoms with E-state index in [1.54, 1.807) is 24.3 Å². The van der Waals surface area contributed by atoms with Gasteiger partial charge in [0, 0.05) is 10.7 Å². The summed E-state index contributed by atoms with van der Waals surface area (Å²) < 4.78 is 29.2. The molecular formula is C14H15BrO3S. The first-order chi connectivity index (χ1) is 8.82. The Bertz CT molecular complexity index is 616. The summed E-state index contributed by atoms with van der Waals surface area (Å²) in [7, 11) is -3.26. The van der Waals surface area contributed by atoms with E-state index in [0.29, 0.717) is 10.2 Å². The molecule has 3 nitrogen and oxygen atoms in total. The average molecular weight is 343 g/mol. The van der Waals surface area contributed by atoms with Crippen molar-refractivity contribution in [2.45, 2.75) is 4.90 Å². The Morgan fingerprint density at radius 3 is 2.68 bits per heavy atom. The zero-order valence-corrected chi connectivity index (χ0v) is 13.0. The van der Waals surface area contributed by atoms with Crippen LogP contribution >= 0.6 is 15.9 Å². The summed E-state index contributed by atoms with van der Waals surface area (Å²) >= 11 is 3.26. The number of halogens is 1. The molecule has 1 aromatic carbocycles. The first-order valence-electron chi connectivity index (χ1n) is 5.43. The largest absolute Gasteiger partial charge is 0.489 e. The molecule has 0 aliphatic rings. The van der Waals surface area contributed by atoms with Crippen LogP contribution in [0, 0.1) is 0 Å². The fourth-order valence-corrected chi connectivity index (χ4v) is 2.56. The van der Waals surface area contributed by atoms with Gasteiger partial charge < -0.3 is 4.74 Å². The molecule has 0 saturated carbocycles. The van der Waals surface area contributed by atoms with Gasteiger partial charge >= 0.3 is 0 Å². The van der Waals surface area contributed by atoms with Gasteiger partial charge in [0.1, 0.15) is 12.4 Å². The average Bonchev–Trinajstić information content (AvgIpc) is 2.32. The minimum atomic E-state index is -3.26. The highest BCUT2D eigenvalue weighted by Gasteiger charge is 2.10. The van der Waals surface area contributed by atoms with E-state index in [2.05, 4.69) is 29.1 Å². The number of hydrogen-bond acceptors (Lipinski definition) is 3. The molecule has 0 radical (unpaired) electrons. The maximum Gasteiger partial charge on any atom is 0.175 e. The third kappa shape index (κ3) is 5.44. The van der Waals surface area contributed by atoms with Crippen LogP contribution in [0.2, 0.25) is 0 Å². The molecule has 0 spiro atoms. The van der Waals surface area contributed by atoms with Crippen molar-refractivity contribution in [2.24, 2.45) is 0 Å². The van der Waals surface area contributed by atoms with Crippen LogP contribution in [-0.4, -0.2) is 21.3 Å². The van der Waals surface area contributed by atoms with E-state index in [4.69, 9.17) is 4.74 Å². The standard InChI is InChI=1S/C14H15BrO3S/c1-4-5-6-11(2)10-18-13-7-12(15)8-14(9-13)19(3,16)17/h4-9H,1-2,10H2,3H3/b6-5-. The van der Waals surface area contributed by atoms with Crippen molar-refractivity contribution in [3.05, 3.63) is 59.6 Å². The summed E-state index contributed by atoms with van der Waals surface area (Å²) in [6, 6.07) is 4.73. The van der Waals surface area contributed by atoms with Gasteiger partial charge in [0.15, 0.2) is 9.84 Å².